The van der Waals surface area contributed by atoms with Crippen molar-refractivity contribution in [3.05, 3.63) is 23.8 Å². The summed E-state index contributed by atoms with van der Waals surface area (Å²) >= 11 is 0. The van der Waals surface area contributed by atoms with Crippen LogP contribution in [0.15, 0.2) is 18.2 Å². The second-order valence-electron chi connectivity index (χ2n) is 8.96. The lowest BCUT2D eigenvalue weighted by Crippen LogP contribution is -2.48. The summed E-state index contributed by atoms with van der Waals surface area (Å²) in [5.74, 6) is 0.211. The third kappa shape index (κ3) is 7.08. The molecule has 33 heavy (non-hydrogen) atoms. The molecule has 9 nitrogen and oxygen atoms in total. The van der Waals surface area contributed by atoms with Crippen LogP contribution in [0.1, 0.15) is 51.4 Å². The van der Waals surface area contributed by atoms with Crippen molar-refractivity contribution in [1.29, 1.82) is 0 Å². The van der Waals surface area contributed by atoms with Crippen LogP contribution in [0.25, 0.3) is 0 Å². The SMILES string of the molecule is CCC(=O)N1C[C@@H](C)[C@@H](OC)CN(C)C(=O)c2ccc(NC(=O)NC(C)C)cc2OC[C@H]1C. The second kappa shape index (κ2) is 11.9. The number of fused-ring (bicyclic) bond motifs is 1. The Balaban J connectivity index is 2.41. The summed E-state index contributed by atoms with van der Waals surface area (Å²) in [5.41, 5.74) is 0.892. The van der Waals surface area contributed by atoms with Crippen LogP contribution in [0.2, 0.25) is 0 Å². The Hall–Kier alpha value is -2.81. The van der Waals surface area contributed by atoms with E-state index in [2.05, 4.69) is 10.6 Å². The molecule has 1 aliphatic rings. The minimum atomic E-state index is -0.341. The lowest BCUT2D eigenvalue weighted by Gasteiger charge is -2.36. The average Bonchev–Trinajstić information content (AvgIpc) is 2.76. The first kappa shape index (κ1) is 26.4. The average molecular weight is 463 g/mol. The van der Waals surface area contributed by atoms with E-state index in [1.165, 1.54) is 0 Å². The molecule has 0 saturated heterocycles. The summed E-state index contributed by atoms with van der Waals surface area (Å²) < 4.78 is 11.8. The van der Waals surface area contributed by atoms with Crippen molar-refractivity contribution >= 4 is 23.5 Å². The monoisotopic (exact) mass is 462 g/mol. The van der Waals surface area contributed by atoms with Crippen molar-refractivity contribution in [1.82, 2.24) is 15.1 Å². The number of urea groups is 1. The maximum Gasteiger partial charge on any atom is 0.319 e. The first-order chi connectivity index (χ1) is 15.6. The van der Waals surface area contributed by atoms with Crippen molar-refractivity contribution < 1.29 is 23.9 Å². The number of rotatable bonds is 4. The van der Waals surface area contributed by atoms with Crippen LogP contribution in [0.3, 0.4) is 0 Å². The van der Waals surface area contributed by atoms with Gasteiger partial charge in [-0.25, -0.2) is 4.79 Å². The zero-order chi connectivity index (χ0) is 24.7. The van der Waals surface area contributed by atoms with Gasteiger partial charge in [-0.3, -0.25) is 9.59 Å². The van der Waals surface area contributed by atoms with Gasteiger partial charge in [-0.05, 0) is 32.9 Å². The van der Waals surface area contributed by atoms with Gasteiger partial charge in [-0.15, -0.1) is 0 Å². The fraction of sp³-hybridized carbons (Fsp3) is 0.625. The Morgan fingerprint density at radius 2 is 1.94 bits per heavy atom. The number of ether oxygens (including phenoxy) is 2. The van der Waals surface area contributed by atoms with Crippen LogP contribution in [0.5, 0.6) is 5.75 Å². The van der Waals surface area contributed by atoms with E-state index in [4.69, 9.17) is 9.47 Å². The van der Waals surface area contributed by atoms with Crippen LogP contribution >= 0.6 is 0 Å². The number of nitrogens with zero attached hydrogens (tertiary/aromatic N) is 2. The largest absolute Gasteiger partial charge is 0.491 e. The van der Waals surface area contributed by atoms with Gasteiger partial charge in [-0.1, -0.05) is 13.8 Å². The number of carbonyl (C=O) groups excluding carboxylic acids is 3. The number of methoxy groups -OCH3 is 1. The van der Waals surface area contributed by atoms with Crippen molar-refractivity contribution in [2.45, 2.75) is 59.2 Å². The van der Waals surface area contributed by atoms with Gasteiger partial charge in [0.05, 0.1) is 17.7 Å². The van der Waals surface area contributed by atoms with Gasteiger partial charge in [0, 0.05) is 57.4 Å². The van der Waals surface area contributed by atoms with Gasteiger partial charge in [0.15, 0.2) is 0 Å². The Morgan fingerprint density at radius 3 is 2.55 bits per heavy atom. The number of nitrogens with one attached hydrogen (secondary N) is 2. The van der Waals surface area contributed by atoms with E-state index in [-0.39, 0.29) is 48.6 Å². The summed E-state index contributed by atoms with van der Waals surface area (Å²) in [6.45, 7) is 10.6. The molecule has 3 atom stereocenters. The van der Waals surface area contributed by atoms with Gasteiger partial charge in [0.2, 0.25) is 5.91 Å². The molecule has 9 heteroatoms. The second-order valence-corrected chi connectivity index (χ2v) is 8.96. The molecule has 1 heterocycles. The molecule has 1 aromatic carbocycles. The molecule has 4 amide bonds. The van der Waals surface area contributed by atoms with E-state index in [9.17, 15) is 14.4 Å². The molecule has 184 valence electrons. The van der Waals surface area contributed by atoms with Crippen LogP contribution in [0.4, 0.5) is 10.5 Å². The summed E-state index contributed by atoms with van der Waals surface area (Å²) in [6, 6.07) is 4.40. The molecular weight excluding hydrogens is 424 g/mol. The lowest BCUT2D eigenvalue weighted by molar-refractivity contribution is -0.135. The zero-order valence-electron chi connectivity index (χ0n) is 20.8. The number of benzene rings is 1. The van der Waals surface area contributed by atoms with E-state index in [1.54, 1.807) is 37.3 Å². The minimum Gasteiger partial charge on any atom is -0.491 e. The molecule has 1 aliphatic heterocycles. The predicted octanol–water partition coefficient (Wildman–Crippen LogP) is 2.96. The highest BCUT2D eigenvalue weighted by Crippen LogP contribution is 2.27. The number of anilines is 1. The molecule has 0 aliphatic carbocycles. The number of amides is 4. The molecule has 1 aromatic rings. The number of hydrogen-bond donors (Lipinski definition) is 2. The highest BCUT2D eigenvalue weighted by atomic mass is 16.5. The number of hydrogen-bond acceptors (Lipinski definition) is 5. The first-order valence-electron chi connectivity index (χ1n) is 11.5. The highest BCUT2D eigenvalue weighted by molar-refractivity contribution is 5.98. The molecule has 0 aromatic heterocycles. The smallest absolute Gasteiger partial charge is 0.319 e. The quantitative estimate of drug-likeness (QED) is 0.717. The van der Waals surface area contributed by atoms with Crippen LogP contribution in [-0.2, 0) is 9.53 Å². The molecule has 0 fully saturated rings. The normalized spacial score (nSPS) is 22.1. The van der Waals surface area contributed by atoms with Gasteiger partial charge in [0.25, 0.3) is 5.91 Å². The van der Waals surface area contributed by atoms with Gasteiger partial charge in [-0.2, -0.15) is 0 Å². The van der Waals surface area contributed by atoms with E-state index < -0.39 is 0 Å². The molecule has 0 bridgehead atoms. The topological polar surface area (TPSA) is 100 Å². The fourth-order valence-corrected chi connectivity index (χ4v) is 3.83. The Kier molecular flexibility index (Phi) is 9.52. The summed E-state index contributed by atoms with van der Waals surface area (Å²) in [7, 11) is 3.34. The molecule has 0 unspecified atom stereocenters. The maximum absolute atomic E-state index is 13.2. The van der Waals surface area contributed by atoms with E-state index in [1.807, 2.05) is 39.5 Å². The number of likely N-dealkylation sites (N-methyl/N-ethyl adjacent to an activating group) is 1. The molecular formula is C24H38N4O5. The van der Waals surface area contributed by atoms with E-state index in [0.29, 0.717) is 36.5 Å². The molecule has 0 saturated carbocycles. The zero-order valence-corrected chi connectivity index (χ0v) is 20.8. The molecule has 2 rings (SSSR count). The lowest BCUT2D eigenvalue weighted by atomic mass is 10.0. The highest BCUT2D eigenvalue weighted by Gasteiger charge is 2.29. The van der Waals surface area contributed by atoms with Crippen molar-refractivity contribution in [3.8, 4) is 5.75 Å². The van der Waals surface area contributed by atoms with Crippen molar-refractivity contribution in [2.75, 3.05) is 39.2 Å². The van der Waals surface area contributed by atoms with Crippen LogP contribution in [0, 0.1) is 5.92 Å². The molecule has 0 spiro atoms. The van der Waals surface area contributed by atoms with E-state index in [0.717, 1.165) is 0 Å². The third-order valence-electron chi connectivity index (χ3n) is 5.75. The number of carbonyl (C=O) groups is 3. The predicted molar refractivity (Wildman–Crippen MR) is 128 cm³/mol. The van der Waals surface area contributed by atoms with Crippen molar-refractivity contribution in [3.63, 3.8) is 0 Å². The van der Waals surface area contributed by atoms with Crippen LogP contribution in [-0.4, -0.2) is 79.7 Å². The van der Waals surface area contributed by atoms with Gasteiger partial charge >= 0.3 is 6.03 Å². The summed E-state index contributed by atoms with van der Waals surface area (Å²) in [5, 5.41) is 5.53. The van der Waals surface area contributed by atoms with Gasteiger partial charge < -0.3 is 29.9 Å². The van der Waals surface area contributed by atoms with Crippen LogP contribution < -0.4 is 15.4 Å². The Labute approximate surface area is 196 Å². The standard InChI is InChI=1S/C24H38N4O5/c1-8-22(29)28-12-16(4)21(32-7)13-27(6)23(30)19-10-9-18(26-24(31)25-15(2)3)11-20(19)33-14-17(28)5/h9-11,15-17,21H,8,12-14H2,1-7H3,(H2,25,26,31)/t16-,17-,21+/m1/s1. The summed E-state index contributed by atoms with van der Waals surface area (Å²) in [6.07, 6.45) is 0.158. The van der Waals surface area contributed by atoms with Gasteiger partial charge in [0.1, 0.15) is 12.4 Å². The first-order valence-corrected chi connectivity index (χ1v) is 11.5. The minimum absolute atomic E-state index is 0.0141. The Bertz CT molecular complexity index is 844. The third-order valence-corrected chi connectivity index (χ3v) is 5.75. The maximum atomic E-state index is 13.2. The van der Waals surface area contributed by atoms with Crippen molar-refractivity contribution in [2.24, 2.45) is 5.92 Å². The van der Waals surface area contributed by atoms with E-state index >= 15 is 0 Å². The summed E-state index contributed by atoms with van der Waals surface area (Å²) in [4.78, 5) is 41.4. The molecule has 2 N–H and O–H groups in total. The Morgan fingerprint density at radius 1 is 1.24 bits per heavy atom. The fourth-order valence-electron chi connectivity index (χ4n) is 3.83. The molecule has 0 radical (unpaired) electrons.